The number of alkyl halides is 6. The largest absolute Gasteiger partial charge is 0.492 e. The molecule has 4 atom stereocenters. The van der Waals surface area contributed by atoms with E-state index < -0.39 is 70.5 Å². The molecule has 1 saturated heterocycles. The molecular formula is C28H19F6NO7. The number of cyclic esters (lactones) is 1. The molecule has 1 fully saturated rings. The smallest absolute Gasteiger partial charge is 0.416 e. The van der Waals surface area contributed by atoms with Crippen molar-refractivity contribution in [2.75, 3.05) is 25.8 Å². The fraction of sp³-hybridized carbons (Fsp3) is 0.321. The Morgan fingerprint density at radius 1 is 0.833 bits per heavy atom. The quantitative estimate of drug-likeness (QED) is 0.226. The highest BCUT2D eigenvalue weighted by atomic mass is 19.4. The number of fused-ring (bicyclic) bond motifs is 3. The second-order valence-electron chi connectivity index (χ2n) is 10.1. The lowest BCUT2D eigenvalue weighted by molar-refractivity contribution is -0.143. The highest BCUT2D eigenvalue weighted by Gasteiger charge is 2.53. The van der Waals surface area contributed by atoms with Gasteiger partial charge in [0.1, 0.15) is 0 Å². The van der Waals surface area contributed by atoms with E-state index >= 15 is 0 Å². The number of hydrogen-bond donors (Lipinski definition) is 1. The molecule has 8 nitrogen and oxygen atoms in total. The van der Waals surface area contributed by atoms with Gasteiger partial charge < -0.3 is 24.3 Å². The van der Waals surface area contributed by atoms with Crippen LogP contribution in [-0.4, -0.2) is 38.0 Å². The Bertz CT molecular complexity index is 1560. The number of benzene rings is 2. The molecule has 0 radical (unpaired) electrons. The number of nitrogens with one attached hydrogen (secondary N) is 1. The van der Waals surface area contributed by atoms with Gasteiger partial charge in [0.2, 0.25) is 12.6 Å². The standard InChI is InChI=1S/C28H19F6NO7/c1-39-21-3-11(2-18(36)25(21)37)22-15-7-19-20(42-10-41-19)8-16(15)24(17-9-40-26(38)23(17)22)35-14-5-12(27(29,30)31)4-13(6-14)28(32,33)34/h2-8,17,22-24,35H,9-10H2,1H3/t17-,22+,23-,24+/m0/s1. The maximum Gasteiger partial charge on any atom is 0.416 e. The van der Waals surface area contributed by atoms with Crippen LogP contribution < -0.4 is 14.8 Å². The van der Waals surface area contributed by atoms with Gasteiger partial charge in [-0.3, -0.25) is 14.4 Å². The fourth-order valence-corrected chi connectivity index (χ4v) is 5.89. The van der Waals surface area contributed by atoms with Gasteiger partial charge in [0.25, 0.3) is 5.78 Å². The van der Waals surface area contributed by atoms with E-state index in [1.165, 1.54) is 25.3 Å². The van der Waals surface area contributed by atoms with E-state index in [4.69, 9.17) is 18.9 Å². The molecule has 0 unspecified atom stereocenters. The van der Waals surface area contributed by atoms with E-state index in [-0.39, 0.29) is 42.3 Å². The molecule has 6 rings (SSSR count). The molecule has 14 heteroatoms. The minimum absolute atomic E-state index is 0.0205. The zero-order valence-corrected chi connectivity index (χ0v) is 21.4. The van der Waals surface area contributed by atoms with E-state index in [0.29, 0.717) is 23.3 Å². The summed E-state index contributed by atoms with van der Waals surface area (Å²) >= 11 is 0. The van der Waals surface area contributed by atoms with Crippen molar-refractivity contribution < 1.29 is 59.7 Å². The Labute approximate surface area is 232 Å². The molecule has 0 bridgehead atoms. The van der Waals surface area contributed by atoms with Crippen LogP contribution in [0.25, 0.3) is 0 Å². The Kier molecular flexibility index (Phi) is 6.28. The van der Waals surface area contributed by atoms with Crippen molar-refractivity contribution in [2.24, 2.45) is 11.8 Å². The number of carbonyl (C=O) groups excluding carboxylic acids is 3. The van der Waals surface area contributed by atoms with Crippen molar-refractivity contribution in [3.63, 3.8) is 0 Å². The summed E-state index contributed by atoms with van der Waals surface area (Å²) in [6.45, 7) is -0.375. The number of methoxy groups -OCH3 is 1. The molecule has 2 aromatic carbocycles. The predicted molar refractivity (Wildman–Crippen MR) is 129 cm³/mol. The minimum atomic E-state index is -5.07. The average Bonchev–Trinajstić information content (AvgIpc) is 3.54. The molecule has 0 saturated carbocycles. The van der Waals surface area contributed by atoms with E-state index in [0.717, 1.165) is 6.08 Å². The monoisotopic (exact) mass is 595 g/mol. The van der Waals surface area contributed by atoms with Crippen LogP contribution in [0.1, 0.15) is 34.2 Å². The summed E-state index contributed by atoms with van der Waals surface area (Å²) in [5.74, 6) is -4.95. The number of esters is 1. The van der Waals surface area contributed by atoms with Crippen LogP contribution in [0, 0.1) is 11.8 Å². The molecule has 2 aromatic rings. The zero-order chi connectivity index (χ0) is 30.1. The van der Waals surface area contributed by atoms with Crippen LogP contribution in [0.3, 0.4) is 0 Å². The molecule has 0 spiro atoms. The number of rotatable bonds is 4. The molecule has 2 aliphatic heterocycles. The lowest BCUT2D eigenvalue weighted by Crippen LogP contribution is -2.38. The second kappa shape index (κ2) is 9.53. The van der Waals surface area contributed by atoms with Crippen LogP contribution >= 0.6 is 0 Å². The van der Waals surface area contributed by atoms with Gasteiger partial charge in [0.05, 0.1) is 36.8 Å². The highest BCUT2D eigenvalue weighted by molar-refractivity contribution is 6.47. The summed E-state index contributed by atoms with van der Waals surface area (Å²) < 4.78 is 103. The first kappa shape index (κ1) is 27.7. The van der Waals surface area contributed by atoms with Crippen molar-refractivity contribution in [1.29, 1.82) is 0 Å². The van der Waals surface area contributed by atoms with Gasteiger partial charge in [0, 0.05) is 17.5 Å². The number of carbonyl (C=O) groups is 3. The third-order valence-corrected chi connectivity index (χ3v) is 7.72. The van der Waals surface area contributed by atoms with Crippen molar-refractivity contribution in [3.8, 4) is 11.5 Å². The van der Waals surface area contributed by atoms with Crippen LogP contribution in [0.15, 0.2) is 53.8 Å². The van der Waals surface area contributed by atoms with Gasteiger partial charge in [-0.05, 0) is 59.2 Å². The van der Waals surface area contributed by atoms with Gasteiger partial charge in [-0.25, -0.2) is 0 Å². The lowest BCUT2D eigenvalue weighted by atomic mass is 9.64. The number of ether oxygens (including phenoxy) is 4. The summed E-state index contributed by atoms with van der Waals surface area (Å²) in [4.78, 5) is 37.9. The number of halogens is 6. The SMILES string of the molecule is COC1=CC([C@@H]2c3cc4c(cc3[C@@H](Nc3cc(C(F)(F)F)cc(C(F)(F)F)c3)[C@H]3COC(=O)[C@@H]32)OCO4)=CC(=O)C1=O. The van der Waals surface area contributed by atoms with Gasteiger partial charge in [0.15, 0.2) is 17.3 Å². The minimum Gasteiger partial charge on any atom is -0.492 e. The molecule has 0 amide bonds. The summed E-state index contributed by atoms with van der Waals surface area (Å²) in [7, 11) is 1.20. The number of Topliss-reactive ketones (excluding diaryl/α,β-unsaturated/α-hetero) is 1. The maximum absolute atomic E-state index is 13.6. The van der Waals surface area contributed by atoms with Crippen LogP contribution in [0.5, 0.6) is 11.5 Å². The van der Waals surface area contributed by atoms with Crippen molar-refractivity contribution in [2.45, 2.75) is 24.3 Å². The summed E-state index contributed by atoms with van der Waals surface area (Å²) in [5.41, 5.74) is -2.53. The first-order chi connectivity index (χ1) is 19.8. The first-order valence-corrected chi connectivity index (χ1v) is 12.5. The molecule has 0 aromatic heterocycles. The van der Waals surface area contributed by atoms with Crippen molar-refractivity contribution in [1.82, 2.24) is 0 Å². The summed E-state index contributed by atoms with van der Waals surface area (Å²) in [6, 6.07) is 3.17. The van der Waals surface area contributed by atoms with Gasteiger partial charge in [-0.1, -0.05) is 0 Å². The lowest BCUT2D eigenvalue weighted by Gasteiger charge is -2.40. The number of anilines is 1. The number of ketones is 2. The van der Waals surface area contributed by atoms with Crippen molar-refractivity contribution in [3.05, 3.63) is 76.1 Å². The normalized spacial score (nSPS) is 24.9. The molecule has 2 aliphatic carbocycles. The van der Waals surface area contributed by atoms with E-state index in [9.17, 15) is 40.7 Å². The van der Waals surface area contributed by atoms with Crippen LogP contribution in [-0.2, 0) is 36.2 Å². The molecule has 220 valence electrons. The van der Waals surface area contributed by atoms with Crippen LogP contribution in [0.2, 0.25) is 0 Å². The molecular weight excluding hydrogens is 576 g/mol. The Hall–Kier alpha value is -4.49. The van der Waals surface area contributed by atoms with Gasteiger partial charge in [-0.15, -0.1) is 0 Å². The third kappa shape index (κ3) is 4.54. The number of allylic oxidation sites excluding steroid dienone is 4. The maximum atomic E-state index is 13.6. The second-order valence-corrected chi connectivity index (χ2v) is 10.1. The third-order valence-electron chi connectivity index (χ3n) is 7.72. The van der Waals surface area contributed by atoms with E-state index in [2.05, 4.69) is 5.32 Å². The summed E-state index contributed by atoms with van der Waals surface area (Å²) in [6.07, 6.45) is -7.75. The zero-order valence-electron chi connectivity index (χ0n) is 21.4. The van der Waals surface area contributed by atoms with Gasteiger partial charge >= 0.3 is 18.3 Å². The topological polar surface area (TPSA) is 100 Å². The number of hydrogen-bond acceptors (Lipinski definition) is 8. The predicted octanol–water partition coefficient (Wildman–Crippen LogP) is 5.10. The van der Waals surface area contributed by atoms with E-state index in [1.54, 1.807) is 0 Å². The van der Waals surface area contributed by atoms with Crippen molar-refractivity contribution >= 4 is 23.2 Å². The highest BCUT2D eigenvalue weighted by Crippen LogP contribution is 2.56. The Morgan fingerprint density at radius 3 is 2.05 bits per heavy atom. The molecule has 42 heavy (non-hydrogen) atoms. The van der Waals surface area contributed by atoms with Gasteiger partial charge in [-0.2, -0.15) is 26.3 Å². The van der Waals surface area contributed by atoms with E-state index in [1.807, 2.05) is 0 Å². The molecule has 2 heterocycles. The summed E-state index contributed by atoms with van der Waals surface area (Å²) in [5, 5.41) is 2.80. The average molecular weight is 595 g/mol. The van der Waals surface area contributed by atoms with Crippen LogP contribution in [0.4, 0.5) is 32.0 Å². The molecule has 4 aliphatic rings. The Morgan fingerprint density at radius 2 is 1.45 bits per heavy atom. The first-order valence-electron chi connectivity index (χ1n) is 12.5. The fourth-order valence-electron chi connectivity index (χ4n) is 5.89. The molecule has 1 N–H and O–H groups in total. The Balaban J connectivity index is 1.52.